The van der Waals surface area contributed by atoms with Crippen LogP contribution < -0.4 is 9.47 Å². The summed E-state index contributed by atoms with van der Waals surface area (Å²) in [7, 11) is 1.16. The van der Waals surface area contributed by atoms with Crippen molar-refractivity contribution < 1.29 is 17.9 Å². The summed E-state index contributed by atoms with van der Waals surface area (Å²) in [5.41, 5.74) is 2.83. The van der Waals surface area contributed by atoms with Crippen LogP contribution in [0.3, 0.4) is 0 Å². The minimum Gasteiger partial charge on any atom is -0.493 e. The second-order valence-corrected chi connectivity index (χ2v) is 9.16. The number of nitrogens with zero attached hydrogens (tertiary/aromatic N) is 3. The molecule has 0 radical (unpaired) electrons. The minimum atomic E-state index is -3.81. The highest BCUT2D eigenvalue weighted by Crippen LogP contribution is 2.42. The Kier molecular flexibility index (Phi) is 5.29. The van der Waals surface area contributed by atoms with Crippen LogP contribution in [0.2, 0.25) is 0 Å². The molecule has 0 spiro atoms. The maximum Gasteiger partial charge on any atom is 0.262 e. The molecule has 0 saturated heterocycles. The number of methoxy groups -OCH3 is 2. The van der Waals surface area contributed by atoms with E-state index in [4.69, 9.17) is 9.47 Å². The fraction of sp³-hybridized carbons (Fsp3) is 0.318. The van der Waals surface area contributed by atoms with E-state index < -0.39 is 16.1 Å². The van der Waals surface area contributed by atoms with Gasteiger partial charge in [-0.15, -0.1) is 0 Å². The molecule has 2 heterocycles. The van der Waals surface area contributed by atoms with E-state index in [0.717, 1.165) is 16.7 Å². The third kappa shape index (κ3) is 3.36. The lowest BCUT2D eigenvalue weighted by Crippen LogP contribution is -2.40. The number of fused-ring (bicyclic) bond motifs is 1. The van der Waals surface area contributed by atoms with Crippen molar-refractivity contribution in [2.45, 2.75) is 24.4 Å². The van der Waals surface area contributed by atoms with Gasteiger partial charge in [-0.05, 0) is 42.2 Å². The van der Waals surface area contributed by atoms with E-state index in [-0.39, 0.29) is 5.03 Å². The van der Waals surface area contributed by atoms with Crippen LogP contribution in [-0.2, 0) is 23.5 Å². The van der Waals surface area contributed by atoms with Gasteiger partial charge in [-0.1, -0.05) is 30.3 Å². The lowest BCUT2D eigenvalue weighted by Gasteiger charge is -2.36. The van der Waals surface area contributed by atoms with Crippen molar-refractivity contribution >= 4 is 10.0 Å². The number of benzene rings is 2. The topological polar surface area (TPSA) is 73.7 Å². The van der Waals surface area contributed by atoms with Gasteiger partial charge >= 0.3 is 0 Å². The molecule has 2 aromatic carbocycles. The van der Waals surface area contributed by atoms with Crippen LogP contribution in [0.5, 0.6) is 11.5 Å². The lowest BCUT2D eigenvalue weighted by atomic mass is 9.89. The SMILES string of the molecule is COc1cc2c(cc1OC)[C@H](c1ccccc1)N(S(=O)(=O)c1cn(C)c(C)n1)CC2. The van der Waals surface area contributed by atoms with Gasteiger partial charge in [0, 0.05) is 19.8 Å². The second kappa shape index (κ2) is 7.77. The maximum absolute atomic E-state index is 13.6. The Labute approximate surface area is 176 Å². The number of ether oxygens (including phenoxy) is 2. The Balaban J connectivity index is 1.90. The molecule has 4 rings (SSSR count). The maximum atomic E-state index is 13.6. The summed E-state index contributed by atoms with van der Waals surface area (Å²) < 4.78 is 41.5. The first-order valence-corrected chi connectivity index (χ1v) is 11.1. The molecule has 1 aliphatic rings. The second-order valence-electron chi connectivity index (χ2n) is 7.32. The van der Waals surface area contributed by atoms with Gasteiger partial charge in [0.05, 0.1) is 20.3 Å². The number of sulfonamides is 1. The third-order valence-corrected chi connectivity index (χ3v) is 7.34. The zero-order chi connectivity index (χ0) is 21.5. The highest BCUT2D eigenvalue weighted by molar-refractivity contribution is 7.89. The summed E-state index contributed by atoms with van der Waals surface area (Å²) >= 11 is 0. The average molecular weight is 428 g/mol. The Hall–Kier alpha value is -2.84. The van der Waals surface area contributed by atoms with E-state index in [1.807, 2.05) is 42.5 Å². The van der Waals surface area contributed by atoms with Crippen LogP contribution in [0.1, 0.15) is 28.6 Å². The van der Waals surface area contributed by atoms with Gasteiger partial charge in [-0.25, -0.2) is 13.4 Å². The van der Waals surface area contributed by atoms with Crippen LogP contribution in [0.15, 0.2) is 53.7 Å². The van der Waals surface area contributed by atoms with Crippen LogP contribution in [0, 0.1) is 6.92 Å². The van der Waals surface area contributed by atoms with E-state index in [2.05, 4.69) is 4.98 Å². The van der Waals surface area contributed by atoms with Crippen molar-refractivity contribution in [3.05, 3.63) is 71.2 Å². The largest absolute Gasteiger partial charge is 0.493 e. The summed E-state index contributed by atoms with van der Waals surface area (Å²) in [5.74, 6) is 1.86. The van der Waals surface area contributed by atoms with Crippen LogP contribution >= 0.6 is 0 Å². The summed E-state index contributed by atoms with van der Waals surface area (Å²) in [4.78, 5) is 4.29. The Bertz CT molecular complexity index is 1150. The molecule has 7 nitrogen and oxygen atoms in total. The molecular weight excluding hydrogens is 402 g/mol. The van der Waals surface area contributed by atoms with E-state index in [0.29, 0.717) is 30.3 Å². The van der Waals surface area contributed by atoms with E-state index in [1.165, 1.54) is 0 Å². The summed E-state index contributed by atoms with van der Waals surface area (Å²) in [5, 5.41) is 0.0624. The van der Waals surface area contributed by atoms with Gasteiger partial charge < -0.3 is 14.0 Å². The van der Waals surface area contributed by atoms with Crippen LogP contribution in [0.25, 0.3) is 0 Å². The lowest BCUT2D eigenvalue weighted by molar-refractivity contribution is 0.331. The molecule has 0 saturated carbocycles. The molecule has 8 heteroatoms. The molecule has 0 fully saturated rings. The zero-order valence-electron chi connectivity index (χ0n) is 17.5. The number of aromatic nitrogens is 2. The molecule has 0 amide bonds. The first kappa shape index (κ1) is 20.4. The first-order chi connectivity index (χ1) is 14.4. The van der Waals surface area contributed by atoms with Crippen molar-refractivity contribution in [3.8, 4) is 11.5 Å². The zero-order valence-corrected chi connectivity index (χ0v) is 18.3. The Morgan fingerprint density at radius 2 is 1.73 bits per heavy atom. The standard InChI is InChI=1S/C22H25N3O4S/c1-15-23-21(14-24(15)2)30(26,27)25-11-10-17-12-19(28-3)20(29-4)13-18(17)22(25)16-8-6-5-7-9-16/h5-9,12-14,22H,10-11H2,1-4H3/t22-/m0/s1. The van der Waals surface area contributed by atoms with Gasteiger partial charge in [0.25, 0.3) is 10.0 Å². The highest BCUT2D eigenvalue weighted by atomic mass is 32.2. The van der Waals surface area contributed by atoms with Crippen molar-refractivity contribution in [3.63, 3.8) is 0 Å². The molecule has 0 bridgehead atoms. The summed E-state index contributed by atoms with van der Waals surface area (Å²) in [6.45, 7) is 2.14. The van der Waals surface area contributed by atoms with Gasteiger partial charge in [0.1, 0.15) is 5.82 Å². The van der Waals surface area contributed by atoms with Gasteiger partial charge in [0.2, 0.25) is 0 Å². The minimum absolute atomic E-state index is 0.0624. The molecular formula is C22H25N3O4S. The predicted octanol–water partition coefficient (Wildman–Crippen LogP) is 3.08. The van der Waals surface area contributed by atoms with Crippen LogP contribution in [-0.4, -0.2) is 43.0 Å². The molecule has 1 aromatic heterocycles. The van der Waals surface area contributed by atoms with Gasteiger partial charge in [0.15, 0.2) is 16.5 Å². The molecule has 1 atom stereocenters. The average Bonchev–Trinajstić information content (AvgIpc) is 3.11. The van der Waals surface area contributed by atoms with Crippen LogP contribution in [0.4, 0.5) is 0 Å². The van der Waals surface area contributed by atoms with Crippen molar-refractivity contribution in [2.24, 2.45) is 7.05 Å². The summed E-state index contributed by atoms with van der Waals surface area (Å²) in [6, 6.07) is 13.0. The summed E-state index contributed by atoms with van der Waals surface area (Å²) in [6.07, 6.45) is 2.14. The monoisotopic (exact) mass is 427 g/mol. The Morgan fingerprint density at radius 1 is 1.07 bits per heavy atom. The molecule has 1 aliphatic heterocycles. The molecule has 30 heavy (non-hydrogen) atoms. The number of rotatable bonds is 5. The van der Waals surface area contributed by atoms with E-state index >= 15 is 0 Å². The predicted molar refractivity (Wildman–Crippen MR) is 113 cm³/mol. The van der Waals surface area contributed by atoms with Crippen molar-refractivity contribution in [2.75, 3.05) is 20.8 Å². The third-order valence-electron chi connectivity index (χ3n) is 5.60. The van der Waals surface area contributed by atoms with E-state index in [1.54, 1.807) is 43.3 Å². The molecule has 0 unspecified atom stereocenters. The van der Waals surface area contributed by atoms with Crippen molar-refractivity contribution in [1.29, 1.82) is 0 Å². The molecule has 158 valence electrons. The van der Waals surface area contributed by atoms with Crippen molar-refractivity contribution in [1.82, 2.24) is 13.9 Å². The van der Waals surface area contributed by atoms with E-state index in [9.17, 15) is 8.42 Å². The van der Waals surface area contributed by atoms with Gasteiger partial charge in [-0.3, -0.25) is 0 Å². The number of imidazole rings is 1. The number of hydrogen-bond acceptors (Lipinski definition) is 5. The smallest absolute Gasteiger partial charge is 0.262 e. The molecule has 0 N–H and O–H groups in total. The number of hydrogen-bond donors (Lipinski definition) is 0. The number of aryl methyl sites for hydroxylation is 2. The molecule has 0 aliphatic carbocycles. The molecule has 3 aromatic rings. The first-order valence-electron chi connectivity index (χ1n) is 9.68. The Morgan fingerprint density at radius 3 is 2.33 bits per heavy atom. The normalized spacial score (nSPS) is 16.9. The quantitative estimate of drug-likeness (QED) is 0.626. The highest BCUT2D eigenvalue weighted by Gasteiger charge is 2.39. The van der Waals surface area contributed by atoms with Gasteiger partial charge in [-0.2, -0.15) is 4.31 Å². The fourth-order valence-corrected chi connectivity index (χ4v) is 5.56. The fourth-order valence-electron chi connectivity index (χ4n) is 3.93.